The molecule has 0 unspecified atom stereocenters. The molecule has 0 bridgehead atoms. The number of benzene rings is 2. The highest BCUT2D eigenvalue weighted by Gasteiger charge is 2.28. The van der Waals surface area contributed by atoms with E-state index in [-0.39, 0.29) is 29.9 Å². The van der Waals surface area contributed by atoms with Gasteiger partial charge in [-0.3, -0.25) is 4.79 Å². The van der Waals surface area contributed by atoms with Crippen molar-refractivity contribution >= 4 is 55.1 Å². The predicted octanol–water partition coefficient (Wildman–Crippen LogP) is 5.79. The molecule has 2 aromatic rings. The topological polar surface area (TPSA) is 66.5 Å². The Bertz CT molecular complexity index is 1010. The summed E-state index contributed by atoms with van der Waals surface area (Å²) in [6, 6.07) is 11.3. The fraction of sp³-hybridized carbons (Fsp3) is 0.409. The summed E-state index contributed by atoms with van der Waals surface area (Å²) in [5.41, 5.74) is 0.578. The number of hydrogen-bond donors (Lipinski definition) is 1. The van der Waals surface area contributed by atoms with E-state index in [1.54, 1.807) is 30.3 Å². The molecule has 1 amide bonds. The molecule has 168 valence electrons. The van der Waals surface area contributed by atoms with E-state index < -0.39 is 10.0 Å². The van der Waals surface area contributed by atoms with Crippen molar-refractivity contribution in [2.75, 3.05) is 6.54 Å². The van der Waals surface area contributed by atoms with Gasteiger partial charge in [-0.2, -0.15) is 4.31 Å². The Kier molecular flexibility index (Phi) is 8.82. The summed E-state index contributed by atoms with van der Waals surface area (Å²) in [4.78, 5) is 12.9. The minimum atomic E-state index is -3.93. The summed E-state index contributed by atoms with van der Waals surface area (Å²) < 4.78 is 28.7. The minimum absolute atomic E-state index is 0.0352. The molecule has 5 nitrogen and oxygen atoms in total. The minimum Gasteiger partial charge on any atom is -0.352 e. The monoisotopic (exact) mass is 546 g/mol. The molecule has 1 fully saturated rings. The lowest BCUT2D eigenvalue weighted by atomic mass is 10.1. The van der Waals surface area contributed by atoms with Gasteiger partial charge in [-0.1, -0.05) is 70.9 Å². The summed E-state index contributed by atoms with van der Waals surface area (Å²) in [6.07, 6.45) is 6.35. The first-order valence-electron chi connectivity index (χ1n) is 10.2. The highest BCUT2D eigenvalue weighted by Crippen LogP contribution is 2.26. The second-order valence-electron chi connectivity index (χ2n) is 7.72. The van der Waals surface area contributed by atoms with Crippen LogP contribution in [-0.2, 0) is 21.4 Å². The Labute approximate surface area is 202 Å². The van der Waals surface area contributed by atoms with Gasteiger partial charge in [0.1, 0.15) is 0 Å². The van der Waals surface area contributed by atoms with Gasteiger partial charge in [-0.05, 0) is 54.8 Å². The number of hydrogen-bond acceptors (Lipinski definition) is 3. The zero-order valence-corrected chi connectivity index (χ0v) is 20.9. The second kappa shape index (κ2) is 11.1. The van der Waals surface area contributed by atoms with Crippen molar-refractivity contribution in [1.82, 2.24) is 9.62 Å². The van der Waals surface area contributed by atoms with E-state index in [1.165, 1.54) is 25.0 Å². The summed E-state index contributed by atoms with van der Waals surface area (Å²) in [5.74, 6) is -0.308. The molecule has 0 atom stereocenters. The van der Waals surface area contributed by atoms with Gasteiger partial charge in [0.05, 0.1) is 11.4 Å². The number of sulfonamides is 1. The first-order chi connectivity index (χ1) is 14.8. The smallest absolute Gasteiger partial charge is 0.243 e. The molecule has 0 aromatic heterocycles. The van der Waals surface area contributed by atoms with Crippen molar-refractivity contribution in [2.24, 2.45) is 0 Å². The fourth-order valence-electron chi connectivity index (χ4n) is 3.68. The van der Waals surface area contributed by atoms with E-state index in [1.807, 2.05) is 0 Å². The van der Waals surface area contributed by atoms with Crippen molar-refractivity contribution in [3.05, 3.63) is 62.5 Å². The van der Waals surface area contributed by atoms with E-state index >= 15 is 0 Å². The van der Waals surface area contributed by atoms with Gasteiger partial charge < -0.3 is 5.32 Å². The second-order valence-corrected chi connectivity index (χ2v) is 11.4. The quantitative estimate of drug-likeness (QED) is 0.446. The molecule has 0 saturated heterocycles. The zero-order chi connectivity index (χ0) is 22.4. The normalized spacial score (nSPS) is 15.6. The Morgan fingerprint density at radius 3 is 2.29 bits per heavy atom. The van der Waals surface area contributed by atoms with Crippen LogP contribution in [0.4, 0.5) is 0 Å². The third-order valence-corrected chi connectivity index (χ3v) is 8.27. The molecule has 3 rings (SSSR count). The number of amides is 1. The van der Waals surface area contributed by atoms with Gasteiger partial charge in [0.2, 0.25) is 15.9 Å². The highest BCUT2D eigenvalue weighted by atomic mass is 79.9. The third-order valence-electron chi connectivity index (χ3n) is 5.35. The summed E-state index contributed by atoms with van der Waals surface area (Å²) in [6.45, 7) is -0.319. The molecular formula is C22H25BrCl2N2O3S. The molecule has 0 aliphatic heterocycles. The van der Waals surface area contributed by atoms with Crippen LogP contribution in [0.1, 0.15) is 44.1 Å². The number of rotatable bonds is 7. The van der Waals surface area contributed by atoms with E-state index in [0.29, 0.717) is 15.6 Å². The Balaban J connectivity index is 1.84. The molecule has 1 aliphatic carbocycles. The molecule has 1 aliphatic rings. The van der Waals surface area contributed by atoms with Crippen molar-refractivity contribution < 1.29 is 13.2 Å². The zero-order valence-electron chi connectivity index (χ0n) is 17.0. The lowest BCUT2D eigenvalue weighted by Gasteiger charge is -2.24. The van der Waals surface area contributed by atoms with Crippen molar-refractivity contribution in [2.45, 2.75) is 56.0 Å². The van der Waals surface area contributed by atoms with Crippen LogP contribution >= 0.6 is 39.1 Å². The number of nitrogens with zero attached hydrogens (tertiary/aromatic N) is 1. The Morgan fingerprint density at radius 1 is 1.03 bits per heavy atom. The third kappa shape index (κ3) is 6.93. The van der Waals surface area contributed by atoms with Crippen molar-refractivity contribution in [3.63, 3.8) is 0 Å². The number of halogens is 3. The van der Waals surface area contributed by atoms with Gasteiger partial charge in [0.15, 0.2) is 0 Å². The van der Waals surface area contributed by atoms with Crippen molar-refractivity contribution in [3.8, 4) is 0 Å². The molecule has 1 saturated carbocycles. The number of carbonyl (C=O) groups excluding carboxylic acids is 1. The van der Waals surface area contributed by atoms with E-state index in [0.717, 1.165) is 34.5 Å². The molecule has 9 heteroatoms. The molecule has 1 N–H and O–H groups in total. The van der Waals surface area contributed by atoms with E-state index in [2.05, 4.69) is 21.2 Å². The maximum Gasteiger partial charge on any atom is 0.243 e. The SMILES string of the molecule is O=C(CN(Cc1ccc(Cl)cc1Cl)S(=O)(=O)c1ccc(Br)cc1)NC1CCCCCC1. The van der Waals surface area contributed by atoms with Crippen LogP contribution in [-0.4, -0.2) is 31.2 Å². The van der Waals surface area contributed by atoms with Crippen LogP contribution in [0.3, 0.4) is 0 Å². The predicted molar refractivity (Wildman–Crippen MR) is 128 cm³/mol. The maximum absolute atomic E-state index is 13.4. The molecule has 31 heavy (non-hydrogen) atoms. The van der Waals surface area contributed by atoms with Gasteiger partial charge in [0, 0.05) is 27.1 Å². The first kappa shape index (κ1) is 24.5. The first-order valence-corrected chi connectivity index (χ1v) is 13.2. The van der Waals surface area contributed by atoms with Gasteiger partial charge in [-0.15, -0.1) is 0 Å². The van der Waals surface area contributed by atoms with E-state index in [9.17, 15) is 13.2 Å². The maximum atomic E-state index is 13.4. The van der Waals surface area contributed by atoms with Gasteiger partial charge in [0.25, 0.3) is 0 Å². The molecule has 0 radical (unpaired) electrons. The van der Waals surface area contributed by atoms with Crippen LogP contribution < -0.4 is 5.32 Å². The van der Waals surface area contributed by atoms with Crippen LogP contribution in [0, 0.1) is 0 Å². The lowest BCUT2D eigenvalue weighted by molar-refractivity contribution is -0.122. The summed E-state index contributed by atoms with van der Waals surface area (Å²) in [5, 5.41) is 3.84. The molecular weight excluding hydrogens is 523 g/mol. The molecule has 0 heterocycles. The summed E-state index contributed by atoms with van der Waals surface area (Å²) in [7, 11) is -3.93. The Hall–Kier alpha value is -1.12. The molecule has 0 spiro atoms. The molecule has 2 aromatic carbocycles. The van der Waals surface area contributed by atoms with E-state index in [4.69, 9.17) is 23.2 Å². The van der Waals surface area contributed by atoms with Gasteiger partial charge in [-0.25, -0.2) is 8.42 Å². The van der Waals surface area contributed by atoms with Crippen LogP contribution in [0.25, 0.3) is 0 Å². The number of nitrogens with one attached hydrogen (secondary N) is 1. The Morgan fingerprint density at radius 2 is 1.68 bits per heavy atom. The standard InChI is InChI=1S/C22H25BrCl2N2O3S/c23-17-8-11-20(12-9-17)31(29,30)27(14-16-7-10-18(24)13-21(16)25)15-22(28)26-19-5-3-1-2-4-6-19/h7-13,19H,1-6,14-15H2,(H,26,28). The lowest BCUT2D eigenvalue weighted by Crippen LogP contribution is -2.43. The number of carbonyl (C=O) groups is 1. The van der Waals surface area contributed by atoms with Crippen molar-refractivity contribution in [1.29, 1.82) is 0 Å². The highest BCUT2D eigenvalue weighted by molar-refractivity contribution is 9.10. The van der Waals surface area contributed by atoms with Crippen LogP contribution in [0.2, 0.25) is 10.0 Å². The fourth-order valence-corrected chi connectivity index (χ4v) is 5.79. The van der Waals surface area contributed by atoms with Gasteiger partial charge >= 0.3 is 0 Å². The van der Waals surface area contributed by atoms with Crippen LogP contribution in [0.15, 0.2) is 51.8 Å². The largest absolute Gasteiger partial charge is 0.352 e. The van der Waals surface area contributed by atoms with Crippen LogP contribution in [0.5, 0.6) is 0 Å². The summed E-state index contributed by atoms with van der Waals surface area (Å²) >= 11 is 15.6. The average molecular weight is 548 g/mol. The average Bonchev–Trinajstić information content (AvgIpc) is 2.98.